The molecule has 0 aromatic heterocycles. The van der Waals surface area contributed by atoms with Crippen molar-refractivity contribution < 1.29 is 24.9 Å². The molecule has 1 saturated heterocycles. The maximum Gasteiger partial charge on any atom is 0.337 e. The van der Waals surface area contributed by atoms with Crippen LogP contribution in [0, 0.1) is 0 Å². The van der Waals surface area contributed by atoms with Gasteiger partial charge in [0, 0.05) is 0 Å². The van der Waals surface area contributed by atoms with Crippen molar-refractivity contribution in [3.05, 3.63) is 46.6 Å². The molecule has 0 saturated carbocycles. The first kappa shape index (κ1) is 21.4. The first-order valence-electron chi connectivity index (χ1n) is 8.61. The van der Waals surface area contributed by atoms with Crippen LogP contribution in [-0.4, -0.2) is 46.2 Å². The number of rotatable bonds is 8. The molecule has 5 heteroatoms. The molecule has 25 heavy (non-hydrogen) atoms. The lowest BCUT2D eigenvalue weighted by molar-refractivity contribution is -0.137. The Labute approximate surface area is 150 Å². The minimum Gasteiger partial charge on any atom is -0.452 e. The van der Waals surface area contributed by atoms with Crippen LogP contribution in [-0.2, 0) is 9.53 Å². The highest BCUT2D eigenvalue weighted by atomic mass is 16.6. The van der Waals surface area contributed by atoms with Gasteiger partial charge in [-0.15, -0.1) is 0 Å². The Morgan fingerprint density at radius 2 is 1.92 bits per heavy atom. The van der Waals surface area contributed by atoms with Crippen LogP contribution in [0.5, 0.6) is 0 Å². The number of carbonyl (C=O) groups is 1. The zero-order valence-corrected chi connectivity index (χ0v) is 15.5. The lowest BCUT2D eigenvalue weighted by Crippen LogP contribution is -2.20. The molecule has 0 radical (unpaired) electrons. The van der Waals surface area contributed by atoms with Gasteiger partial charge in [0.2, 0.25) is 0 Å². The summed E-state index contributed by atoms with van der Waals surface area (Å²) in [6, 6.07) is 0. The van der Waals surface area contributed by atoms with Gasteiger partial charge in [-0.3, -0.25) is 0 Å². The van der Waals surface area contributed by atoms with Gasteiger partial charge in [0.1, 0.15) is 6.10 Å². The minimum atomic E-state index is -0.995. The van der Waals surface area contributed by atoms with Crippen molar-refractivity contribution in [2.24, 2.45) is 0 Å². The Morgan fingerprint density at radius 1 is 1.24 bits per heavy atom. The summed E-state index contributed by atoms with van der Waals surface area (Å²) < 4.78 is 5.15. The molecule has 1 aliphatic heterocycles. The molecule has 1 heterocycles. The summed E-state index contributed by atoms with van der Waals surface area (Å²) in [5.41, 5.74) is 3.08. The first-order valence-corrected chi connectivity index (χ1v) is 8.61. The second-order valence-electron chi connectivity index (χ2n) is 6.69. The third-order valence-electron chi connectivity index (χ3n) is 4.14. The topological polar surface area (TPSA) is 87.0 Å². The molecule has 1 unspecified atom stereocenters. The van der Waals surface area contributed by atoms with Crippen LogP contribution in [0.2, 0.25) is 0 Å². The van der Waals surface area contributed by atoms with Crippen molar-refractivity contribution in [2.75, 3.05) is 6.61 Å². The fraction of sp³-hybridized carbons (Fsp3) is 0.550. The van der Waals surface area contributed by atoms with Crippen LogP contribution in [0.15, 0.2) is 46.6 Å². The fourth-order valence-corrected chi connectivity index (χ4v) is 2.56. The largest absolute Gasteiger partial charge is 0.452 e. The standard InChI is InChI=1S/C20H30O5/c1-13(2)12-18-19(23)16(20(24)25-18)8-9-17(22)15(4)7-5-6-14(3)10-11-21/h7-8,10,12,17-19,21-23H,5-6,9,11H2,1-4H3/b14-10-,15-7+,16-8+/t17?,18-,19+/m1/s1. The smallest absolute Gasteiger partial charge is 0.337 e. The zero-order chi connectivity index (χ0) is 19.0. The minimum absolute atomic E-state index is 0.0386. The highest BCUT2D eigenvalue weighted by Crippen LogP contribution is 2.24. The third-order valence-corrected chi connectivity index (χ3v) is 4.14. The van der Waals surface area contributed by atoms with E-state index in [0.717, 1.165) is 29.6 Å². The molecule has 5 nitrogen and oxygen atoms in total. The number of aliphatic hydroxyl groups excluding tert-OH is 3. The van der Waals surface area contributed by atoms with Gasteiger partial charge >= 0.3 is 5.97 Å². The molecule has 1 aliphatic rings. The SMILES string of the molecule is CC(C)=C[C@H]1OC(=O)/C(=C/CC(O)/C(C)=C/CC/C(C)=C\CO)[C@@H]1O. The van der Waals surface area contributed by atoms with Gasteiger partial charge in [-0.25, -0.2) is 4.79 Å². The Kier molecular flexibility index (Phi) is 8.83. The van der Waals surface area contributed by atoms with Gasteiger partial charge in [-0.05, 0) is 58.6 Å². The highest BCUT2D eigenvalue weighted by Gasteiger charge is 2.37. The number of aliphatic hydroxyl groups is 3. The van der Waals surface area contributed by atoms with E-state index in [2.05, 4.69) is 0 Å². The number of hydrogen-bond donors (Lipinski definition) is 3. The molecule has 1 fully saturated rings. The summed E-state index contributed by atoms with van der Waals surface area (Å²) in [6.45, 7) is 7.58. The van der Waals surface area contributed by atoms with Gasteiger partial charge in [-0.1, -0.05) is 29.4 Å². The molecule has 3 atom stereocenters. The van der Waals surface area contributed by atoms with E-state index in [-0.39, 0.29) is 18.6 Å². The van der Waals surface area contributed by atoms with E-state index in [1.54, 1.807) is 18.2 Å². The summed E-state index contributed by atoms with van der Waals surface area (Å²) in [5, 5.41) is 29.2. The summed E-state index contributed by atoms with van der Waals surface area (Å²) in [4.78, 5) is 11.9. The second kappa shape index (κ2) is 10.3. The third kappa shape index (κ3) is 6.98. The summed E-state index contributed by atoms with van der Waals surface area (Å²) in [7, 11) is 0. The number of allylic oxidation sites excluding steroid dienone is 3. The lowest BCUT2D eigenvalue weighted by Gasteiger charge is -2.11. The Hall–Kier alpha value is -1.69. The van der Waals surface area contributed by atoms with Crippen molar-refractivity contribution in [2.45, 2.75) is 65.3 Å². The van der Waals surface area contributed by atoms with Crippen LogP contribution in [0.1, 0.15) is 47.0 Å². The van der Waals surface area contributed by atoms with Crippen molar-refractivity contribution in [1.29, 1.82) is 0 Å². The predicted molar refractivity (Wildman–Crippen MR) is 97.9 cm³/mol. The van der Waals surface area contributed by atoms with Gasteiger partial charge in [0.25, 0.3) is 0 Å². The van der Waals surface area contributed by atoms with Crippen LogP contribution in [0.4, 0.5) is 0 Å². The van der Waals surface area contributed by atoms with Crippen LogP contribution in [0.3, 0.4) is 0 Å². The summed E-state index contributed by atoms with van der Waals surface area (Å²) in [6.07, 6.45) is 6.47. The lowest BCUT2D eigenvalue weighted by atomic mass is 10.0. The number of cyclic esters (lactones) is 1. The normalized spacial score (nSPS) is 24.4. The van der Waals surface area contributed by atoms with Crippen LogP contribution >= 0.6 is 0 Å². The van der Waals surface area contributed by atoms with E-state index in [1.165, 1.54) is 0 Å². The predicted octanol–water partition coefficient (Wildman–Crippen LogP) is 2.58. The molecule has 0 amide bonds. The molecule has 1 rings (SSSR count). The first-order chi connectivity index (χ1) is 11.8. The van der Waals surface area contributed by atoms with E-state index in [4.69, 9.17) is 9.84 Å². The number of ether oxygens (including phenoxy) is 1. The van der Waals surface area contributed by atoms with Gasteiger partial charge < -0.3 is 20.1 Å². The van der Waals surface area contributed by atoms with Crippen molar-refractivity contribution in [1.82, 2.24) is 0 Å². The quantitative estimate of drug-likeness (QED) is 0.356. The molecule has 0 aliphatic carbocycles. The summed E-state index contributed by atoms with van der Waals surface area (Å²) >= 11 is 0. The van der Waals surface area contributed by atoms with Crippen LogP contribution < -0.4 is 0 Å². The zero-order valence-electron chi connectivity index (χ0n) is 15.5. The van der Waals surface area contributed by atoms with Gasteiger partial charge in [-0.2, -0.15) is 0 Å². The number of hydrogen-bond acceptors (Lipinski definition) is 5. The maximum absolute atomic E-state index is 11.9. The van der Waals surface area contributed by atoms with Gasteiger partial charge in [0.05, 0.1) is 18.3 Å². The molecular formula is C20H30O5. The van der Waals surface area contributed by atoms with Crippen LogP contribution in [0.25, 0.3) is 0 Å². The Bertz CT molecular complexity index is 579. The van der Waals surface area contributed by atoms with Gasteiger partial charge in [0.15, 0.2) is 6.10 Å². The summed E-state index contributed by atoms with van der Waals surface area (Å²) in [5.74, 6) is -0.534. The fourth-order valence-electron chi connectivity index (χ4n) is 2.56. The monoisotopic (exact) mass is 350 g/mol. The number of carbonyl (C=O) groups excluding carboxylic acids is 1. The average molecular weight is 350 g/mol. The Balaban J connectivity index is 2.63. The maximum atomic E-state index is 11.9. The molecule has 140 valence electrons. The molecule has 3 N–H and O–H groups in total. The Morgan fingerprint density at radius 3 is 2.52 bits per heavy atom. The van der Waals surface area contributed by atoms with E-state index < -0.39 is 24.3 Å². The van der Waals surface area contributed by atoms with Crippen molar-refractivity contribution >= 4 is 5.97 Å². The average Bonchev–Trinajstić information content (AvgIpc) is 2.78. The molecule has 0 aromatic rings. The molecule has 0 aromatic carbocycles. The second-order valence-corrected chi connectivity index (χ2v) is 6.69. The van der Waals surface area contributed by atoms with Crippen molar-refractivity contribution in [3.63, 3.8) is 0 Å². The number of esters is 1. The van der Waals surface area contributed by atoms with E-state index in [0.29, 0.717) is 0 Å². The van der Waals surface area contributed by atoms with E-state index >= 15 is 0 Å². The molecule has 0 spiro atoms. The van der Waals surface area contributed by atoms with Crippen molar-refractivity contribution in [3.8, 4) is 0 Å². The molecular weight excluding hydrogens is 320 g/mol. The van der Waals surface area contributed by atoms with E-state index in [1.807, 2.05) is 33.8 Å². The van der Waals surface area contributed by atoms with E-state index in [9.17, 15) is 15.0 Å². The highest BCUT2D eigenvalue weighted by molar-refractivity contribution is 5.92. The molecule has 0 bridgehead atoms.